The van der Waals surface area contributed by atoms with Gasteiger partial charge in [-0.15, -0.1) is 12.4 Å². The first-order valence-corrected chi connectivity index (χ1v) is 9.45. The number of rotatable bonds is 6. The Morgan fingerprint density at radius 3 is 2.48 bits per heavy atom. The van der Waals surface area contributed by atoms with Crippen molar-refractivity contribution < 1.29 is 9.53 Å². The van der Waals surface area contributed by atoms with Gasteiger partial charge in [0.2, 0.25) is 0 Å². The number of piperidine rings is 1. The van der Waals surface area contributed by atoms with E-state index in [0.717, 1.165) is 49.8 Å². The Kier molecular flexibility index (Phi) is 6.39. The lowest BCUT2D eigenvalue weighted by Gasteiger charge is -2.32. The van der Waals surface area contributed by atoms with Crippen LogP contribution >= 0.6 is 12.4 Å². The molecule has 0 bridgehead atoms. The highest BCUT2D eigenvalue weighted by Gasteiger charge is 2.27. The van der Waals surface area contributed by atoms with Crippen LogP contribution in [-0.2, 0) is 0 Å². The number of nitrogens with zero attached hydrogens (tertiary/aromatic N) is 3. The molecule has 27 heavy (non-hydrogen) atoms. The maximum absolute atomic E-state index is 12.7. The third-order valence-electron chi connectivity index (χ3n) is 5.32. The average Bonchev–Trinajstić information content (AvgIpc) is 3.40. The van der Waals surface area contributed by atoms with Crippen LogP contribution in [0, 0.1) is 5.92 Å². The minimum absolute atomic E-state index is 0. The molecule has 146 valence electrons. The predicted molar refractivity (Wildman–Crippen MR) is 107 cm³/mol. The summed E-state index contributed by atoms with van der Waals surface area (Å²) in [7, 11) is 1.64. The van der Waals surface area contributed by atoms with Gasteiger partial charge >= 0.3 is 0 Å². The van der Waals surface area contributed by atoms with Gasteiger partial charge in [0, 0.05) is 25.3 Å². The van der Waals surface area contributed by atoms with Crippen LogP contribution in [0.15, 0.2) is 36.5 Å². The summed E-state index contributed by atoms with van der Waals surface area (Å²) < 4.78 is 6.91. The predicted octanol–water partition coefficient (Wildman–Crippen LogP) is 2.91. The number of benzene rings is 1. The summed E-state index contributed by atoms with van der Waals surface area (Å²) in [5.74, 6) is 1.73. The molecule has 1 aromatic carbocycles. The van der Waals surface area contributed by atoms with Crippen LogP contribution in [0.1, 0.15) is 36.2 Å². The molecule has 0 spiro atoms. The van der Waals surface area contributed by atoms with Crippen LogP contribution in [0.5, 0.6) is 5.75 Å². The second kappa shape index (κ2) is 8.76. The van der Waals surface area contributed by atoms with Gasteiger partial charge in [-0.1, -0.05) is 0 Å². The largest absolute Gasteiger partial charge is 0.497 e. The Hall–Kier alpha value is -2.05. The Labute approximate surface area is 166 Å². The smallest absolute Gasteiger partial charge is 0.274 e. The van der Waals surface area contributed by atoms with Crippen molar-refractivity contribution >= 4 is 18.3 Å². The van der Waals surface area contributed by atoms with Gasteiger partial charge in [0.25, 0.3) is 5.91 Å². The number of likely N-dealkylation sites (tertiary alicyclic amines) is 1. The summed E-state index contributed by atoms with van der Waals surface area (Å²) in [4.78, 5) is 14.7. The highest BCUT2D eigenvalue weighted by molar-refractivity contribution is 5.92. The molecule has 0 unspecified atom stereocenters. The van der Waals surface area contributed by atoms with Crippen molar-refractivity contribution in [1.29, 1.82) is 0 Å². The lowest BCUT2D eigenvalue weighted by molar-refractivity contribution is 0.0698. The molecule has 7 heteroatoms. The summed E-state index contributed by atoms with van der Waals surface area (Å²) in [5, 5.41) is 8.12. The van der Waals surface area contributed by atoms with E-state index in [1.165, 1.54) is 12.8 Å². The summed E-state index contributed by atoms with van der Waals surface area (Å²) in [6, 6.07) is 9.98. The van der Waals surface area contributed by atoms with Gasteiger partial charge in [0.1, 0.15) is 5.75 Å². The fraction of sp³-hybridized carbons (Fsp3) is 0.500. The van der Waals surface area contributed by atoms with Crippen molar-refractivity contribution in [1.82, 2.24) is 20.0 Å². The number of aromatic nitrogens is 2. The van der Waals surface area contributed by atoms with E-state index in [1.54, 1.807) is 17.9 Å². The molecule has 1 amide bonds. The van der Waals surface area contributed by atoms with E-state index < -0.39 is 0 Å². The molecule has 2 heterocycles. The van der Waals surface area contributed by atoms with E-state index in [2.05, 4.69) is 10.4 Å². The highest BCUT2D eigenvalue weighted by atomic mass is 35.5. The van der Waals surface area contributed by atoms with Crippen molar-refractivity contribution in [3.05, 3.63) is 42.2 Å². The molecule has 0 atom stereocenters. The van der Waals surface area contributed by atoms with Crippen LogP contribution in [0.3, 0.4) is 0 Å². The van der Waals surface area contributed by atoms with Crippen LogP contribution in [0.4, 0.5) is 0 Å². The molecule has 2 fully saturated rings. The summed E-state index contributed by atoms with van der Waals surface area (Å²) in [6.45, 7) is 2.75. The fourth-order valence-electron chi connectivity index (χ4n) is 3.42. The van der Waals surface area contributed by atoms with E-state index in [9.17, 15) is 4.79 Å². The maximum Gasteiger partial charge on any atom is 0.274 e. The molecule has 1 aliphatic heterocycles. The number of nitrogens with one attached hydrogen (secondary N) is 1. The number of carbonyl (C=O) groups excluding carboxylic acids is 1. The number of methoxy groups -OCH3 is 1. The lowest BCUT2D eigenvalue weighted by atomic mass is 10.0. The Morgan fingerprint density at radius 1 is 1.15 bits per heavy atom. The minimum Gasteiger partial charge on any atom is -0.497 e. The number of halogens is 1. The Morgan fingerprint density at radius 2 is 1.85 bits per heavy atom. The summed E-state index contributed by atoms with van der Waals surface area (Å²) in [6.07, 6.45) is 6.64. The molecule has 0 radical (unpaired) electrons. The normalized spacial score (nSPS) is 17.4. The van der Waals surface area contributed by atoms with Crippen molar-refractivity contribution in [3.63, 3.8) is 0 Å². The Bertz CT molecular complexity index is 750. The first kappa shape index (κ1) is 19.7. The van der Waals surface area contributed by atoms with Crippen LogP contribution < -0.4 is 10.1 Å². The lowest BCUT2D eigenvalue weighted by Crippen LogP contribution is -2.45. The fourth-order valence-corrected chi connectivity index (χ4v) is 3.42. The zero-order chi connectivity index (χ0) is 17.9. The zero-order valence-corrected chi connectivity index (χ0v) is 16.5. The van der Waals surface area contributed by atoms with Gasteiger partial charge in [-0.05, 0) is 68.5 Å². The van der Waals surface area contributed by atoms with Crippen molar-refractivity contribution in [3.8, 4) is 11.4 Å². The Balaban J connectivity index is 0.00000210. The quantitative estimate of drug-likeness (QED) is 0.823. The van der Waals surface area contributed by atoms with Gasteiger partial charge in [-0.2, -0.15) is 5.10 Å². The molecule has 1 saturated heterocycles. The van der Waals surface area contributed by atoms with Crippen molar-refractivity contribution in [2.45, 2.75) is 31.7 Å². The summed E-state index contributed by atoms with van der Waals surface area (Å²) in [5.41, 5.74) is 1.41. The molecule has 1 N–H and O–H groups in total. The van der Waals surface area contributed by atoms with Gasteiger partial charge in [-0.3, -0.25) is 4.79 Å². The van der Waals surface area contributed by atoms with Gasteiger partial charge in [0.15, 0.2) is 5.69 Å². The first-order valence-electron chi connectivity index (χ1n) is 9.45. The number of hydrogen-bond donors (Lipinski definition) is 1. The molecule has 2 aromatic rings. The SMILES string of the molecule is COc1ccc(-n2ccc(C(=O)N3CCC(NCC4CC4)CC3)n2)cc1.Cl. The molecular formula is C20H27ClN4O2. The molecular weight excluding hydrogens is 364 g/mol. The zero-order valence-electron chi connectivity index (χ0n) is 15.6. The molecule has 1 aromatic heterocycles. The average molecular weight is 391 g/mol. The second-order valence-electron chi connectivity index (χ2n) is 7.26. The topological polar surface area (TPSA) is 59.4 Å². The third-order valence-corrected chi connectivity index (χ3v) is 5.32. The third kappa shape index (κ3) is 4.82. The molecule has 6 nitrogen and oxygen atoms in total. The highest BCUT2D eigenvalue weighted by Crippen LogP contribution is 2.28. The maximum atomic E-state index is 12.7. The molecule has 1 saturated carbocycles. The standard InChI is InChI=1S/C20H26N4O2.ClH/c1-26-18-6-4-17(5-7-18)24-13-10-19(22-24)20(25)23-11-8-16(9-12-23)21-14-15-2-3-15;/h4-7,10,13,15-16,21H,2-3,8-9,11-12,14H2,1H3;1H. The van der Waals surface area contributed by atoms with E-state index in [-0.39, 0.29) is 18.3 Å². The van der Waals surface area contributed by atoms with Crippen molar-refractivity contribution in [2.75, 3.05) is 26.7 Å². The van der Waals surface area contributed by atoms with E-state index >= 15 is 0 Å². The van der Waals surface area contributed by atoms with Crippen LogP contribution in [0.25, 0.3) is 5.69 Å². The van der Waals surface area contributed by atoms with Crippen LogP contribution in [0.2, 0.25) is 0 Å². The van der Waals surface area contributed by atoms with Gasteiger partial charge < -0.3 is 15.0 Å². The number of ether oxygens (including phenoxy) is 1. The molecule has 4 rings (SSSR count). The van der Waals surface area contributed by atoms with E-state index in [1.807, 2.05) is 35.4 Å². The van der Waals surface area contributed by atoms with Gasteiger partial charge in [0.05, 0.1) is 12.8 Å². The second-order valence-corrected chi connectivity index (χ2v) is 7.26. The summed E-state index contributed by atoms with van der Waals surface area (Å²) >= 11 is 0. The number of carbonyl (C=O) groups is 1. The van der Waals surface area contributed by atoms with Gasteiger partial charge in [-0.25, -0.2) is 4.68 Å². The number of hydrogen-bond acceptors (Lipinski definition) is 4. The first-order chi connectivity index (χ1) is 12.7. The van der Waals surface area contributed by atoms with Crippen molar-refractivity contribution in [2.24, 2.45) is 5.92 Å². The van der Waals surface area contributed by atoms with E-state index in [0.29, 0.717) is 11.7 Å². The van der Waals surface area contributed by atoms with E-state index in [4.69, 9.17) is 4.74 Å². The molecule has 2 aliphatic rings. The molecule has 1 aliphatic carbocycles. The minimum atomic E-state index is 0. The number of amides is 1. The monoisotopic (exact) mass is 390 g/mol. The van der Waals surface area contributed by atoms with Crippen LogP contribution in [-0.4, -0.2) is 53.4 Å².